The van der Waals surface area contributed by atoms with Gasteiger partial charge in [-0.15, -0.1) is 0 Å². The van der Waals surface area contributed by atoms with Crippen molar-refractivity contribution in [1.82, 2.24) is 0 Å². The monoisotopic (exact) mass is 296 g/mol. The Labute approximate surface area is 130 Å². The van der Waals surface area contributed by atoms with Gasteiger partial charge < -0.3 is 15.8 Å². The summed E-state index contributed by atoms with van der Waals surface area (Å²) in [7, 11) is 0. The van der Waals surface area contributed by atoms with E-state index in [0.29, 0.717) is 17.4 Å². The second-order valence-corrected chi connectivity index (χ2v) is 5.65. The lowest BCUT2D eigenvalue weighted by molar-refractivity contribution is 0.1000. The van der Waals surface area contributed by atoms with Crippen LogP contribution in [0.25, 0.3) is 0 Å². The van der Waals surface area contributed by atoms with Gasteiger partial charge in [0.15, 0.2) is 0 Å². The molecule has 1 fully saturated rings. The summed E-state index contributed by atoms with van der Waals surface area (Å²) in [6.45, 7) is 0. The van der Waals surface area contributed by atoms with E-state index in [4.69, 9.17) is 10.5 Å². The number of amides is 1. The molecule has 0 bridgehead atoms. The van der Waals surface area contributed by atoms with Crippen LogP contribution in [-0.2, 0) is 0 Å². The van der Waals surface area contributed by atoms with Crippen LogP contribution in [0.3, 0.4) is 0 Å². The molecule has 4 heteroatoms. The Hall–Kier alpha value is -2.49. The van der Waals surface area contributed by atoms with E-state index in [1.54, 1.807) is 18.2 Å². The van der Waals surface area contributed by atoms with Gasteiger partial charge in [0.05, 0.1) is 0 Å². The fourth-order valence-electron chi connectivity index (χ4n) is 2.80. The first-order valence-corrected chi connectivity index (χ1v) is 7.65. The second-order valence-electron chi connectivity index (χ2n) is 5.65. The molecule has 4 nitrogen and oxygen atoms in total. The van der Waals surface area contributed by atoms with E-state index in [-0.39, 0.29) is 0 Å². The number of carbonyl (C=O) groups is 1. The largest absolute Gasteiger partial charge is 0.457 e. The molecule has 3 rings (SSSR count). The van der Waals surface area contributed by atoms with Gasteiger partial charge in [-0.25, -0.2) is 0 Å². The van der Waals surface area contributed by atoms with Crippen LogP contribution >= 0.6 is 0 Å². The number of nitrogens with two attached hydrogens (primary N) is 1. The zero-order valence-electron chi connectivity index (χ0n) is 12.4. The van der Waals surface area contributed by atoms with Gasteiger partial charge in [0.2, 0.25) is 5.91 Å². The summed E-state index contributed by atoms with van der Waals surface area (Å²) in [6.07, 6.45) is 5.05. The molecule has 1 aliphatic carbocycles. The first-order valence-electron chi connectivity index (χ1n) is 7.65. The van der Waals surface area contributed by atoms with E-state index in [1.807, 2.05) is 30.3 Å². The molecular formula is C18H20N2O2. The highest BCUT2D eigenvalue weighted by Crippen LogP contribution is 2.27. The predicted octanol–water partition coefficient (Wildman–Crippen LogP) is 3.93. The SMILES string of the molecule is NC(=O)c1cccc(Oc2cccc(NC3CCCC3)c2)c1. The van der Waals surface area contributed by atoms with Crippen molar-refractivity contribution in [2.45, 2.75) is 31.7 Å². The molecule has 1 saturated carbocycles. The molecule has 0 saturated heterocycles. The maximum atomic E-state index is 11.2. The van der Waals surface area contributed by atoms with E-state index < -0.39 is 5.91 Å². The molecule has 2 aromatic carbocycles. The highest BCUT2D eigenvalue weighted by molar-refractivity contribution is 5.93. The van der Waals surface area contributed by atoms with Gasteiger partial charge in [0.1, 0.15) is 11.5 Å². The van der Waals surface area contributed by atoms with E-state index in [2.05, 4.69) is 5.32 Å². The molecule has 22 heavy (non-hydrogen) atoms. The standard InChI is InChI=1S/C18H20N2O2/c19-18(21)13-5-3-9-16(11-13)22-17-10-4-8-15(12-17)20-14-6-1-2-7-14/h3-5,8-12,14,20H,1-2,6-7H2,(H2,19,21). The van der Waals surface area contributed by atoms with Crippen molar-refractivity contribution in [3.63, 3.8) is 0 Å². The summed E-state index contributed by atoms with van der Waals surface area (Å²) in [4.78, 5) is 11.2. The van der Waals surface area contributed by atoms with Gasteiger partial charge in [-0.3, -0.25) is 4.79 Å². The van der Waals surface area contributed by atoms with Gasteiger partial charge in [0.25, 0.3) is 0 Å². The number of rotatable bonds is 5. The first kappa shape index (κ1) is 14.4. The van der Waals surface area contributed by atoms with Gasteiger partial charge >= 0.3 is 0 Å². The topological polar surface area (TPSA) is 64.4 Å². The van der Waals surface area contributed by atoms with E-state index in [1.165, 1.54) is 25.7 Å². The van der Waals surface area contributed by atoms with Crippen molar-refractivity contribution in [3.05, 3.63) is 54.1 Å². The molecule has 0 heterocycles. The molecule has 0 radical (unpaired) electrons. The summed E-state index contributed by atoms with van der Waals surface area (Å²) < 4.78 is 5.83. The molecule has 1 aliphatic rings. The Kier molecular flexibility index (Phi) is 4.28. The number of anilines is 1. The number of carbonyl (C=O) groups excluding carboxylic acids is 1. The molecule has 3 N–H and O–H groups in total. The Balaban J connectivity index is 1.72. The third-order valence-electron chi connectivity index (χ3n) is 3.91. The molecule has 0 aromatic heterocycles. The van der Waals surface area contributed by atoms with Crippen LogP contribution in [0.15, 0.2) is 48.5 Å². The fraction of sp³-hybridized carbons (Fsp3) is 0.278. The molecule has 1 amide bonds. The molecule has 2 aromatic rings. The van der Waals surface area contributed by atoms with Gasteiger partial charge in [0, 0.05) is 23.4 Å². The summed E-state index contributed by atoms with van der Waals surface area (Å²) in [6, 6.07) is 15.3. The predicted molar refractivity (Wildman–Crippen MR) is 87.4 cm³/mol. The second kappa shape index (κ2) is 6.52. The van der Waals surface area contributed by atoms with Gasteiger partial charge in [-0.2, -0.15) is 0 Å². The summed E-state index contributed by atoms with van der Waals surface area (Å²) in [5.74, 6) is 0.890. The summed E-state index contributed by atoms with van der Waals surface area (Å²) >= 11 is 0. The number of hydrogen-bond donors (Lipinski definition) is 2. The van der Waals surface area contributed by atoms with Crippen LogP contribution in [0.4, 0.5) is 5.69 Å². The maximum absolute atomic E-state index is 11.2. The normalized spacial score (nSPS) is 14.7. The lowest BCUT2D eigenvalue weighted by Gasteiger charge is -2.14. The Morgan fingerprint density at radius 2 is 1.73 bits per heavy atom. The van der Waals surface area contributed by atoms with Crippen molar-refractivity contribution < 1.29 is 9.53 Å². The van der Waals surface area contributed by atoms with Crippen LogP contribution in [-0.4, -0.2) is 11.9 Å². The number of benzene rings is 2. The van der Waals surface area contributed by atoms with Gasteiger partial charge in [-0.1, -0.05) is 25.0 Å². The minimum absolute atomic E-state index is 0.442. The first-order chi connectivity index (χ1) is 10.7. The summed E-state index contributed by atoms with van der Waals surface area (Å²) in [5.41, 5.74) is 6.79. The highest BCUT2D eigenvalue weighted by Gasteiger charge is 2.14. The van der Waals surface area contributed by atoms with Gasteiger partial charge in [-0.05, 0) is 43.2 Å². The van der Waals surface area contributed by atoms with Crippen molar-refractivity contribution in [2.24, 2.45) is 5.73 Å². The van der Waals surface area contributed by atoms with Crippen LogP contribution in [0.1, 0.15) is 36.0 Å². The van der Waals surface area contributed by atoms with E-state index >= 15 is 0 Å². The lowest BCUT2D eigenvalue weighted by Crippen LogP contribution is -2.14. The molecule has 0 atom stereocenters. The third-order valence-corrected chi connectivity index (χ3v) is 3.91. The fourth-order valence-corrected chi connectivity index (χ4v) is 2.80. The van der Waals surface area contributed by atoms with Crippen molar-refractivity contribution >= 4 is 11.6 Å². The maximum Gasteiger partial charge on any atom is 0.248 e. The number of hydrogen-bond acceptors (Lipinski definition) is 3. The van der Waals surface area contributed by atoms with Crippen LogP contribution < -0.4 is 15.8 Å². The number of primary amides is 1. The highest BCUT2D eigenvalue weighted by atomic mass is 16.5. The molecule has 114 valence electrons. The zero-order chi connectivity index (χ0) is 15.4. The average Bonchev–Trinajstić information content (AvgIpc) is 3.01. The third kappa shape index (κ3) is 3.58. The molecule has 0 spiro atoms. The lowest BCUT2D eigenvalue weighted by atomic mass is 10.2. The molecule has 0 unspecified atom stereocenters. The Bertz CT molecular complexity index is 664. The van der Waals surface area contributed by atoms with Crippen LogP contribution in [0.5, 0.6) is 11.5 Å². The van der Waals surface area contributed by atoms with Crippen molar-refractivity contribution in [2.75, 3.05) is 5.32 Å². The van der Waals surface area contributed by atoms with E-state index in [0.717, 1.165) is 11.4 Å². The van der Waals surface area contributed by atoms with Crippen LogP contribution in [0.2, 0.25) is 0 Å². The zero-order valence-corrected chi connectivity index (χ0v) is 12.4. The Morgan fingerprint density at radius 3 is 2.45 bits per heavy atom. The van der Waals surface area contributed by atoms with Crippen molar-refractivity contribution in [1.29, 1.82) is 0 Å². The number of ether oxygens (including phenoxy) is 1. The number of nitrogens with one attached hydrogen (secondary N) is 1. The average molecular weight is 296 g/mol. The molecule has 0 aliphatic heterocycles. The van der Waals surface area contributed by atoms with Crippen LogP contribution in [0, 0.1) is 0 Å². The molecular weight excluding hydrogens is 276 g/mol. The van der Waals surface area contributed by atoms with E-state index in [9.17, 15) is 4.79 Å². The smallest absolute Gasteiger partial charge is 0.248 e. The van der Waals surface area contributed by atoms with Crippen molar-refractivity contribution in [3.8, 4) is 11.5 Å². The Morgan fingerprint density at radius 1 is 1.05 bits per heavy atom. The minimum atomic E-state index is -0.456. The minimum Gasteiger partial charge on any atom is -0.457 e. The quantitative estimate of drug-likeness (QED) is 0.878. The summed E-state index contributed by atoms with van der Waals surface area (Å²) in [5, 5.41) is 3.54.